The number of nitrogens with one attached hydrogen (secondary N) is 2. The molecule has 1 aliphatic carbocycles. The van der Waals surface area contributed by atoms with Crippen molar-refractivity contribution in [1.29, 1.82) is 0 Å². The van der Waals surface area contributed by atoms with E-state index in [4.69, 9.17) is 0 Å². The van der Waals surface area contributed by atoms with E-state index in [9.17, 15) is 9.59 Å². The van der Waals surface area contributed by atoms with Gasteiger partial charge in [0, 0.05) is 31.0 Å². The van der Waals surface area contributed by atoms with Gasteiger partial charge in [0.1, 0.15) is 0 Å². The number of carbonyl (C=O) groups excluding carboxylic acids is 2. The molecule has 1 saturated heterocycles. The Labute approximate surface area is 131 Å². The Bertz CT molecular complexity index is 562. The molecule has 22 heavy (non-hydrogen) atoms. The molecule has 0 saturated carbocycles. The van der Waals surface area contributed by atoms with Gasteiger partial charge >= 0.3 is 0 Å². The van der Waals surface area contributed by atoms with E-state index in [0.29, 0.717) is 6.42 Å². The quantitative estimate of drug-likeness (QED) is 0.818. The highest BCUT2D eigenvalue weighted by Gasteiger charge is 2.17. The van der Waals surface area contributed by atoms with Crippen molar-refractivity contribution in [1.82, 2.24) is 10.6 Å². The first kappa shape index (κ1) is 15.2. The van der Waals surface area contributed by atoms with Crippen molar-refractivity contribution in [3.8, 4) is 0 Å². The maximum absolute atomic E-state index is 12.2. The van der Waals surface area contributed by atoms with E-state index in [1.54, 1.807) is 0 Å². The summed E-state index contributed by atoms with van der Waals surface area (Å²) in [7, 11) is 0. The van der Waals surface area contributed by atoms with Gasteiger partial charge in [-0.1, -0.05) is 12.1 Å². The molecule has 1 amide bonds. The first-order valence-electron chi connectivity index (χ1n) is 8.37. The van der Waals surface area contributed by atoms with Crippen LogP contribution in [0.4, 0.5) is 0 Å². The van der Waals surface area contributed by atoms with Crippen LogP contribution in [0.1, 0.15) is 53.6 Å². The number of aryl methyl sites for hydroxylation is 2. The van der Waals surface area contributed by atoms with Crippen LogP contribution in [0.2, 0.25) is 0 Å². The van der Waals surface area contributed by atoms with Gasteiger partial charge in [0.25, 0.3) is 0 Å². The number of piperidine rings is 1. The molecule has 118 valence electrons. The van der Waals surface area contributed by atoms with Crippen LogP contribution in [-0.2, 0) is 17.6 Å². The van der Waals surface area contributed by atoms with Crippen LogP contribution in [0.15, 0.2) is 18.2 Å². The minimum absolute atomic E-state index is 0.0109. The Morgan fingerprint density at radius 3 is 2.82 bits per heavy atom. The van der Waals surface area contributed by atoms with E-state index in [-0.39, 0.29) is 24.2 Å². The van der Waals surface area contributed by atoms with E-state index in [2.05, 4.69) is 16.7 Å². The molecule has 0 radical (unpaired) electrons. The predicted molar refractivity (Wildman–Crippen MR) is 86.1 cm³/mol. The molecule has 4 nitrogen and oxygen atoms in total. The fourth-order valence-corrected chi connectivity index (χ4v) is 3.39. The van der Waals surface area contributed by atoms with Gasteiger partial charge in [-0.05, 0) is 55.8 Å². The average molecular weight is 300 g/mol. The molecular formula is C18H24N2O2. The van der Waals surface area contributed by atoms with Gasteiger partial charge in [-0.15, -0.1) is 0 Å². The molecule has 1 aromatic rings. The molecule has 1 aliphatic heterocycles. The van der Waals surface area contributed by atoms with Gasteiger partial charge in [-0.2, -0.15) is 0 Å². The van der Waals surface area contributed by atoms with Crippen LogP contribution in [0.3, 0.4) is 0 Å². The lowest BCUT2D eigenvalue weighted by atomic mass is 10.0. The zero-order valence-electron chi connectivity index (χ0n) is 13.0. The number of benzene rings is 1. The SMILES string of the molecule is O=C(CCC(=O)c1ccc2c(c1)CCC2)NC1CCCNC1. The number of rotatable bonds is 5. The molecule has 1 aromatic carbocycles. The highest BCUT2D eigenvalue weighted by molar-refractivity contribution is 5.98. The Morgan fingerprint density at radius 2 is 2.00 bits per heavy atom. The lowest BCUT2D eigenvalue weighted by molar-refractivity contribution is -0.121. The van der Waals surface area contributed by atoms with Crippen molar-refractivity contribution in [3.63, 3.8) is 0 Å². The maximum Gasteiger partial charge on any atom is 0.220 e. The summed E-state index contributed by atoms with van der Waals surface area (Å²) < 4.78 is 0. The molecule has 1 heterocycles. The molecule has 0 aromatic heterocycles. The zero-order chi connectivity index (χ0) is 15.4. The van der Waals surface area contributed by atoms with Crippen molar-refractivity contribution in [2.75, 3.05) is 13.1 Å². The standard InChI is InChI=1S/C18H24N2O2/c21-17(15-7-6-13-3-1-4-14(13)11-15)8-9-18(22)20-16-5-2-10-19-12-16/h6-7,11,16,19H,1-5,8-10,12H2,(H,20,22). The van der Waals surface area contributed by atoms with E-state index in [1.165, 1.54) is 17.5 Å². The third-order valence-corrected chi connectivity index (χ3v) is 4.66. The highest BCUT2D eigenvalue weighted by Crippen LogP contribution is 2.23. The van der Waals surface area contributed by atoms with Crippen LogP contribution in [-0.4, -0.2) is 30.8 Å². The predicted octanol–water partition coefficient (Wildman–Crippen LogP) is 2.01. The summed E-state index contributed by atoms with van der Waals surface area (Å²) in [5, 5.41) is 6.29. The van der Waals surface area contributed by atoms with Crippen molar-refractivity contribution in [2.24, 2.45) is 0 Å². The van der Waals surface area contributed by atoms with Crippen LogP contribution < -0.4 is 10.6 Å². The summed E-state index contributed by atoms with van der Waals surface area (Å²) >= 11 is 0. The lowest BCUT2D eigenvalue weighted by Gasteiger charge is -2.23. The number of fused-ring (bicyclic) bond motifs is 1. The van der Waals surface area contributed by atoms with Crippen LogP contribution in [0.5, 0.6) is 0 Å². The van der Waals surface area contributed by atoms with Gasteiger partial charge in [0.15, 0.2) is 5.78 Å². The molecule has 1 fully saturated rings. The van der Waals surface area contributed by atoms with E-state index in [1.807, 2.05) is 12.1 Å². The topological polar surface area (TPSA) is 58.2 Å². The molecule has 4 heteroatoms. The fourth-order valence-electron chi connectivity index (χ4n) is 3.39. The van der Waals surface area contributed by atoms with E-state index < -0.39 is 0 Å². The van der Waals surface area contributed by atoms with Crippen LogP contribution in [0.25, 0.3) is 0 Å². The van der Waals surface area contributed by atoms with Crippen molar-refractivity contribution in [2.45, 2.75) is 51.0 Å². The number of hydrogen-bond acceptors (Lipinski definition) is 3. The number of Topliss-reactive ketones (excluding diaryl/α,β-unsaturated/α-hetero) is 1. The molecule has 0 spiro atoms. The maximum atomic E-state index is 12.2. The summed E-state index contributed by atoms with van der Waals surface area (Å²) in [5.41, 5.74) is 3.44. The third kappa shape index (κ3) is 3.74. The molecule has 3 rings (SSSR count). The molecule has 1 unspecified atom stereocenters. The van der Waals surface area contributed by atoms with Gasteiger partial charge in [0.05, 0.1) is 0 Å². The minimum atomic E-state index is -0.0109. The highest BCUT2D eigenvalue weighted by atomic mass is 16.2. The van der Waals surface area contributed by atoms with Gasteiger partial charge in [-0.3, -0.25) is 9.59 Å². The van der Waals surface area contributed by atoms with Gasteiger partial charge in [0.2, 0.25) is 5.91 Å². The third-order valence-electron chi connectivity index (χ3n) is 4.66. The monoisotopic (exact) mass is 300 g/mol. The van der Waals surface area contributed by atoms with Gasteiger partial charge < -0.3 is 10.6 Å². The number of ketones is 1. The first-order valence-corrected chi connectivity index (χ1v) is 8.37. The summed E-state index contributed by atoms with van der Waals surface area (Å²) in [6.45, 7) is 1.87. The summed E-state index contributed by atoms with van der Waals surface area (Å²) in [6, 6.07) is 6.23. The van der Waals surface area contributed by atoms with Crippen molar-refractivity contribution < 1.29 is 9.59 Å². The Kier molecular flexibility index (Phi) is 4.88. The smallest absolute Gasteiger partial charge is 0.220 e. The van der Waals surface area contributed by atoms with Crippen molar-refractivity contribution >= 4 is 11.7 Å². The average Bonchev–Trinajstić information content (AvgIpc) is 3.01. The number of carbonyl (C=O) groups is 2. The first-order chi connectivity index (χ1) is 10.7. The Morgan fingerprint density at radius 1 is 1.14 bits per heavy atom. The zero-order valence-corrected chi connectivity index (χ0v) is 13.0. The van der Waals surface area contributed by atoms with E-state index >= 15 is 0 Å². The van der Waals surface area contributed by atoms with Crippen LogP contribution in [0, 0.1) is 0 Å². The fraction of sp³-hybridized carbons (Fsp3) is 0.556. The van der Waals surface area contributed by atoms with E-state index in [0.717, 1.165) is 44.3 Å². The number of hydrogen-bond donors (Lipinski definition) is 2. The van der Waals surface area contributed by atoms with Crippen molar-refractivity contribution in [3.05, 3.63) is 34.9 Å². The largest absolute Gasteiger partial charge is 0.352 e. The molecule has 2 aliphatic rings. The molecule has 0 bridgehead atoms. The number of amides is 1. The van der Waals surface area contributed by atoms with Gasteiger partial charge in [-0.25, -0.2) is 0 Å². The lowest BCUT2D eigenvalue weighted by Crippen LogP contribution is -2.45. The molecule has 2 N–H and O–H groups in total. The minimum Gasteiger partial charge on any atom is -0.352 e. The summed E-state index contributed by atoms with van der Waals surface area (Å²) in [5.74, 6) is 0.0647. The Hall–Kier alpha value is -1.68. The second-order valence-electron chi connectivity index (χ2n) is 6.37. The normalized spacial score (nSPS) is 20.5. The van der Waals surface area contributed by atoms with Crippen LogP contribution >= 0.6 is 0 Å². The summed E-state index contributed by atoms with van der Waals surface area (Å²) in [4.78, 5) is 24.2. The molecule has 1 atom stereocenters. The second kappa shape index (κ2) is 7.05. The Balaban J connectivity index is 1.48. The second-order valence-corrected chi connectivity index (χ2v) is 6.37. The molecular weight excluding hydrogens is 276 g/mol. The summed E-state index contributed by atoms with van der Waals surface area (Å²) in [6.07, 6.45) is 6.09.